The number of rotatable bonds is 9. The number of carbonyl (C=O) groups is 1. The Morgan fingerprint density at radius 2 is 1.72 bits per heavy atom. The molecule has 1 saturated heterocycles. The van der Waals surface area contributed by atoms with Gasteiger partial charge in [-0.05, 0) is 36.8 Å². The maximum absolute atomic E-state index is 12.7. The van der Waals surface area contributed by atoms with E-state index in [0.29, 0.717) is 31.9 Å². The molecule has 9 nitrogen and oxygen atoms in total. The van der Waals surface area contributed by atoms with Crippen molar-refractivity contribution >= 4 is 26.0 Å². The lowest BCUT2D eigenvalue weighted by Gasteiger charge is -2.26. The van der Waals surface area contributed by atoms with Crippen molar-refractivity contribution < 1.29 is 31.1 Å². The van der Waals surface area contributed by atoms with Crippen LogP contribution in [-0.2, 0) is 40.9 Å². The minimum Gasteiger partial charge on any atom is -0.461 e. The Morgan fingerprint density at radius 3 is 2.41 bits per heavy atom. The van der Waals surface area contributed by atoms with Gasteiger partial charge in [-0.15, -0.1) is 0 Å². The van der Waals surface area contributed by atoms with E-state index in [1.807, 2.05) is 6.92 Å². The Morgan fingerprint density at radius 1 is 1.03 bits per heavy atom. The molecule has 0 spiro atoms. The predicted octanol–water partition coefficient (Wildman–Crippen LogP) is 1.43. The zero-order chi connectivity index (χ0) is 23.2. The summed E-state index contributed by atoms with van der Waals surface area (Å²) >= 11 is 0. The van der Waals surface area contributed by atoms with E-state index in [9.17, 15) is 21.6 Å². The smallest absolute Gasteiger partial charge is 0.307 e. The molecule has 0 saturated carbocycles. The molecule has 3 rings (SSSR count). The molecular formula is C21H26N2O7S2. The number of benzene rings is 2. The maximum Gasteiger partial charge on any atom is 0.307 e. The van der Waals surface area contributed by atoms with Gasteiger partial charge in [-0.25, -0.2) is 21.6 Å². The number of morpholine rings is 1. The number of nitrogens with one attached hydrogen (secondary N) is 1. The fourth-order valence-electron chi connectivity index (χ4n) is 3.06. The largest absolute Gasteiger partial charge is 0.461 e. The van der Waals surface area contributed by atoms with Gasteiger partial charge in [-0.1, -0.05) is 29.8 Å². The lowest BCUT2D eigenvalue weighted by Crippen LogP contribution is -2.40. The Bertz CT molecular complexity index is 1140. The number of nitrogens with zero attached hydrogens (tertiary/aromatic N) is 1. The summed E-state index contributed by atoms with van der Waals surface area (Å²) in [5.41, 5.74) is 1.46. The topological polar surface area (TPSA) is 119 Å². The van der Waals surface area contributed by atoms with Gasteiger partial charge >= 0.3 is 5.97 Å². The average molecular weight is 483 g/mol. The zero-order valence-electron chi connectivity index (χ0n) is 17.7. The van der Waals surface area contributed by atoms with Crippen molar-refractivity contribution in [3.8, 4) is 0 Å². The van der Waals surface area contributed by atoms with Crippen molar-refractivity contribution in [2.45, 2.75) is 29.7 Å². The second kappa shape index (κ2) is 10.5. The van der Waals surface area contributed by atoms with Gasteiger partial charge in [0.25, 0.3) is 0 Å². The minimum absolute atomic E-state index is 0.111. The minimum atomic E-state index is -3.71. The van der Waals surface area contributed by atoms with Crippen molar-refractivity contribution in [1.82, 2.24) is 9.03 Å². The van der Waals surface area contributed by atoms with Crippen LogP contribution in [0.1, 0.15) is 17.5 Å². The Labute approximate surface area is 188 Å². The van der Waals surface area contributed by atoms with Crippen LogP contribution in [-0.4, -0.2) is 60.0 Å². The Balaban J connectivity index is 1.51. The first-order valence-electron chi connectivity index (χ1n) is 10.1. The molecule has 0 aliphatic carbocycles. The van der Waals surface area contributed by atoms with E-state index < -0.39 is 26.0 Å². The van der Waals surface area contributed by atoms with Crippen molar-refractivity contribution in [3.63, 3.8) is 0 Å². The monoisotopic (exact) mass is 482 g/mol. The van der Waals surface area contributed by atoms with Crippen LogP contribution in [0.3, 0.4) is 0 Å². The quantitative estimate of drug-likeness (QED) is 0.537. The highest BCUT2D eigenvalue weighted by atomic mass is 32.2. The molecule has 1 heterocycles. The molecule has 0 amide bonds. The number of carbonyl (C=O) groups excluding carboxylic acids is 1. The van der Waals surface area contributed by atoms with Gasteiger partial charge in [-0.3, -0.25) is 4.79 Å². The highest BCUT2D eigenvalue weighted by molar-refractivity contribution is 7.89. The molecule has 174 valence electrons. The summed E-state index contributed by atoms with van der Waals surface area (Å²) in [7, 11) is -7.36. The summed E-state index contributed by atoms with van der Waals surface area (Å²) in [6.45, 7) is 2.92. The second-order valence-corrected chi connectivity index (χ2v) is 11.0. The number of esters is 1. The SMILES string of the molecule is Cc1ccc(S(=O)(=O)NCCC(=O)OCc2cccc(S(=O)(=O)N3CCOCC3)c2)cc1. The zero-order valence-corrected chi connectivity index (χ0v) is 19.3. The van der Waals surface area contributed by atoms with Crippen molar-refractivity contribution in [1.29, 1.82) is 0 Å². The molecule has 2 aromatic carbocycles. The summed E-state index contributed by atoms with van der Waals surface area (Å²) in [5, 5.41) is 0. The molecule has 0 aromatic heterocycles. The molecule has 0 atom stereocenters. The lowest BCUT2D eigenvalue weighted by atomic mass is 10.2. The third-order valence-electron chi connectivity index (χ3n) is 4.86. The van der Waals surface area contributed by atoms with Crippen LogP contribution in [0.4, 0.5) is 0 Å². The van der Waals surface area contributed by atoms with Crippen LogP contribution in [0.15, 0.2) is 58.3 Å². The molecule has 32 heavy (non-hydrogen) atoms. The predicted molar refractivity (Wildman–Crippen MR) is 117 cm³/mol. The fraction of sp³-hybridized carbons (Fsp3) is 0.381. The first kappa shape index (κ1) is 24.3. The average Bonchev–Trinajstić information content (AvgIpc) is 2.78. The normalized spacial score (nSPS) is 15.4. The van der Waals surface area contributed by atoms with Crippen LogP contribution in [0.5, 0.6) is 0 Å². The van der Waals surface area contributed by atoms with Crippen molar-refractivity contribution in [2.24, 2.45) is 0 Å². The second-order valence-electron chi connectivity index (χ2n) is 7.29. The summed E-state index contributed by atoms with van der Waals surface area (Å²) in [6.07, 6.45) is -0.156. The van der Waals surface area contributed by atoms with Crippen LogP contribution in [0.2, 0.25) is 0 Å². The highest BCUT2D eigenvalue weighted by Gasteiger charge is 2.26. The Hall–Kier alpha value is -2.31. The first-order chi connectivity index (χ1) is 15.2. The van der Waals surface area contributed by atoms with Gasteiger partial charge in [0.2, 0.25) is 20.0 Å². The van der Waals surface area contributed by atoms with Gasteiger partial charge in [0.15, 0.2) is 0 Å². The van der Waals surface area contributed by atoms with Crippen LogP contribution < -0.4 is 4.72 Å². The standard InChI is InChI=1S/C21H26N2O7S2/c1-17-5-7-19(8-6-17)31(25,26)22-10-9-21(24)30-16-18-3-2-4-20(15-18)32(27,28)23-11-13-29-14-12-23/h2-8,15,22H,9-14,16H2,1H3. The van der Waals surface area contributed by atoms with Crippen molar-refractivity contribution in [2.75, 3.05) is 32.8 Å². The lowest BCUT2D eigenvalue weighted by molar-refractivity contribution is -0.144. The van der Waals surface area contributed by atoms with Gasteiger partial charge in [0.05, 0.1) is 29.4 Å². The molecular weight excluding hydrogens is 456 g/mol. The van der Waals surface area contributed by atoms with Gasteiger partial charge < -0.3 is 9.47 Å². The van der Waals surface area contributed by atoms with E-state index in [1.165, 1.54) is 28.6 Å². The van der Waals surface area contributed by atoms with E-state index in [0.717, 1.165) is 5.56 Å². The van der Waals surface area contributed by atoms with Crippen LogP contribution in [0, 0.1) is 6.92 Å². The van der Waals surface area contributed by atoms with Crippen LogP contribution in [0.25, 0.3) is 0 Å². The number of aryl methyl sites for hydroxylation is 1. The van der Waals surface area contributed by atoms with E-state index in [4.69, 9.17) is 9.47 Å². The summed E-state index contributed by atoms with van der Waals surface area (Å²) in [5.74, 6) is -0.599. The third kappa shape index (κ3) is 6.36. The van der Waals surface area contributed by atoms with Gasteiger partial charge in [0, 0.05) is 19.6 Å². The van der Waals surface area contributed by atoms with E-state index in [2.05, 4.69) is 4.72 Å². The van der Waals surface area contributed by atoms with Gasteiger partial charge in [0.1, 0.15) is 6.61 Å². The third-order valence-corrected chi connectivity index (χ3v) is 8.23. The highest BCUT2D eigenvalue weighted by Crippen LogP contribution is 2.19. The molecule has 1 fully saturated rings. The first-order valence-corrected chi connectivity index (χ1v) is 13.0. The number of ether oxygens (including phenoxy) is 2. The van der Waals surface area contributed by atoms with E-state index in [-0.39, 0.29) is 29.4 Å². The Kier molecular flexibility index (Phi) is 8.01. The molecule has 0 bridgehead atoms. The van der Waals surface area contributed by atoms with Gasteiger partial charge in [-0.2, -0.15) is 4.31 Å². The van der Waals surface area contributed by atoms with E-state index >= 15 is 0 Å². The van der Waals surface area contributed by atoms with E-state index in [1.54, 1.807) is 24.3 Å². The molecule has 1 aliphatic heterocycles. The molecule has 1 N–H and O–H groups in total. The molecule has 2 aromatic rings. The number of hydrogen-bond acceptors (Lipinski definition) is 7. The molecule has 1 aliphatic rings. The van der Waals surface area contributed by atoms with Crippen molar-refractivity contribution in [3.05, 3.63) is 59.7 Å². The maximum atomic E-state index is 12.7. The summed E-state index contributed by atoms with van der Waals surface area (Å²) in [6, 6.07) is 12.6. The summed E-state index contributed by atoms with van der Waals surface area (Å²) < 4.78 is 64.1. The molecule has 11 heteroatoms. The number of hydrogen-bond donors (Lipinski definition) is 1. The number of sulfonamides is 2. The molecule has 0 unspecified atom stereocenters. The summed E-state index contributed by atoms with van der Waals surface area (Å²) in [4.78, 5) is 12.3. The molecule has 0 radical (unpaired) electrons. The fourth-order valence-corrected chi connectivity index (χ4v) is 5.57. The van der Waals surface area contributed by atoms with Crippen LogP contribution >= 0.6 is 0 Å².